The number of halogens is 2. The van der Waals surface area contributed by atoms with Gasteiger partial charge in [-0.3, -0.25) is 0 Å². The molecule has 1 aromatic heterocycles. The number of hydrogen-bond acceptors (Lipinski definition) is 4. The monoisotopic (exact) mass is 306 g/mol. The quantitative estimate of drug-likeness (QED) is 0.816. The van der Waals surface area contributed by atoms with Gasteiger partial charge in [0.15, 0.2) is 0 Å². The van der Waals surface area contributed by atoms with E-state index in [2.05, 4.69) is 19.8 Å². The van der Waals surface area contributed by atoms with Crippen LogP contribution in [0.3, 0.4) is 0 Å². The predicted octanol–water partition coefficient (Wildman–Crippen LogP) is 2.68. The van der Waals surface area contributed by atoms with Crippen molar-refractivity contribution in [3.8, 4) is 0 Å². The van der Waals surface area contributed by atoms with Crippen LogP contribution in [0.4, 0.5) is 16.0 Å². The molecule has 21 heavy (non-hydrogen) atoms. The minimum Gasteiger partial charge on any atom is -0.368 e. The highest BCUT2D eigenvalue weighted by molar-refractivity contribution is 6.17. The third kappa shape index (κ3) is 2.93. The maximum Gasteiger partial charge on any atom is 0.225 e. The van der Waals surface area contributed by atoms with Gasteiger partial charge < -0.3 is 9.80 Å². The number of piperazine rings is 1. The summed E-state index contributed by atoms with van der Waals surface area (Å²) in [7, 11) is 0. The van der Waals surface area contributed by atoms with E-state index in [-0.39, 0.29) is 11.7 Å². The Kier molecular flexibility index (Phi) is 4.20. The first-order chi connectivity index (χ1) is 10.3. The molecule has 2 aromatic rings. The Morgan fingerprint density at radius 1 is 1.00 bits per heavy atom. The van der Waals surface area contributed by atoms with Crippen LogP contribution in [0.2, 0.25) is 0 Å². The zero-order valence-corrected chi connectivity index (χ0v) is 12.3. The fourth-order valence-electron chi connectivity index (χ4n) is 2.58. The van der Waals surface area contributed by atoms with Crippen LogP contribution in [0.5, 0.6) is 0 Å². The summed E-state index contributed by atoms with van der Waals surface area (Å²) in [5.41, 5.74) is 1.46. The normalized spacial score (nSPS) is 15.3. The molecular formula is C15H16ClFN4. The first-order valence-corrected chi connectivity index (χ1v) is 7.43. The van der Waals surface area contributed by atoms with Crippen LogP contribution in [0, 0.1) is 5.82 Å². The fourth-order valence-corrected chi connectivity index (χ4v) is 2.84. The van der Waals surface area contributed by atoms with E-state index in [1.807, 2.05) is 6.07 Å². The van der Waals surface area contributed by atoms with Crippen molar-refractivity contribution >= 4 is 23.2 Å². The second-order valence-electron chi connectivity index (χ2n) is 4.89. The van der Waals surface area contributed by atoms with E-state index in [0.29, 0.717) is 5.56 Å². The van der Waals surface area contributed by atoms with E-state index in [4.69, 9.17) is 11.6 Å². The molecule has 0 saturated carbocycles. The predicted molar refractivity (Wildman–Crippen MR) is 82.4 cm³/mol. The lowest BCUT2D eigenvalue weighted by Gasteiger charge is -2.36. The van der Waals surface area contributed by atoms with E-state index < -0.39 is 0 Å². The van der Waals surface area contributed by atoms with Crippen molar-refractivity contribution in [2.45, 2.75) is 5.88 Å². The number of nitrogens with zero attached hydrogens (tertiary/aromatic N) is 4. The first-order valence-electron chi connectivity index (χ1n) is 6.90. The molecule has 3 rings (SSSR count). The summed E-state index contributed by atoms with van der Waals surface area (Å²) in [6, 6.07) is 6.91. The van der Waals surface area contributed by atoms with E-state index in [1.165, 1.54) is 6.07 Å². The molecule has 0 atom stereocenters. The molecule has 1 aliphatic heterocycles. The Morgan fingerprint density at radius 2 is 1.67 bits per heavy atom. The van der Waals surface area contributed by atoms with Gasteiger partial charge in [-0.2, -0.15) is 0 Å². The number of rotatable bonds is 3. The Bertz CT molecular complexity index is 600. The molecule has 6 heteroatoms. The number of aromatic nitrogens is 2. The third-order valence-electron chi connectivity index (χ3n) is 3.68. The Balaban J connectivity index is 1.73. The molecular weight excluding hydrogens is 291 g/mol. The minimum atomic E-state index is -0.240. The molecule has 110 valence electrons. The molecule has 0 spiro atoms. The molecule has 2 heterocycles. The summed E-state index contributed by atoms with van der Waals surface area (Å²) in [5.74, 6) is 0.689. The van der Waals surface area contributed by atoms with Crippen molar-refractivity contribution in [2.24, 2.45) is 0 Å². The first kappa shape index (κ1) is 14.1. The van der Waals surface area contributed by atoms with Crippen LogP contribution in [-0.4, -0.2) is 36.1 Å². The van der Waals surface area contributed by atoms with Crippen LogP contribution < -0.4 is 9.80 Å². The number of hydrogen-bond donors (Lipinski definition) is 0. The largest absolute Gasteiger partial charge is 0.368 e. The van der Waals surface area contributed by atoms with Gasteiger partial charge in [0.05, 0.1) is 5.88 Å². The second kappa shape index (κ2) is 6.26. The van der Waals surface area contributed by atoms with Crippen molar-refractivity contribution < 1.29 is 4.39 Å². The maximum absolute atomic E-state index is 13.8. The summed E-state index contributed by atoms with van der Waals surface area (Å²) in [6.45, 7) is 3.21. The topological polar surface area (TPSA) is 32.3 Å². The molecule has 0 aliphatic carbocycles. The molecule has 0 bridgehead atoms. The SMILES string of the molecule is Fc1cccc(N2CCN(c3ncccn3)CC2)c1CCl. The second-order valence-corrected chi connectivity index (χ2v) is 5.16. The van der Waals surface area contributed by atoms with Gasteiger partial charge >= 0.3 is 0 Å². The summed E-state index contributed by atoms with van der Waals surface area (Å²) in [5, 5.41) is 0. The smallest absolute Gasteiger partial charge is 0.225 e. The molecule has 0 unspecified atom stereocenters. The minimum absolute atomic E-state index is 0.185. The van der Waals surface area contributed by atoms with Crippen molar-refractivity contribution in [3.63, 3.8) is 0 Å². The Morgan fingerprint density at radius 3 is 2.33 bits per heavy atom. The molecule has 4 nitrogen and oxygen atoms in total. The van der Waals surface area contributed by atoms with Crippen LogP contribution in [0.25, 0.3) is 0 Å². The lowest BCUT2D eigenvalue weighted by molar-refractivity contribution is 0.607. The van der Waals surface area contributed by atoms with E-state index in [0.717, 1.165) is 37.8 Å². The Hall–Kier alpha value is -1.88. The average Bonchev–Trinajstić information content (AvgIpc) is 2.55. The van der Waals surface area contributed by atoms with Gasteiger partial charge in [0.2, 0.25) is 5.95 Å². The van der Waals surface area contributed by atoms with Gasteiger partial charge in [-0.15, -0.1) is 11.6 Å². The number of benzene rings is 1. The van der Waals surface area contributed by atoms with Gasteiger partial charge in [0.25, 0.3) is 0 Å². The third-order valence-corrected chi connectivity index (χ3v) is 3.95. The van der Waals surface area contributed by atoms with Crippen molar-refractivity contribution in [3.05, 3.63) is 48.0 Å². The molecule has 1 aromatic carbocycles. The van der Waals surface area contributed by atoms with Gasteiger partial charge in [-0.25, -0.2) is 14.4 Å². The molecule has 0 N–H and O–H groups in total. The highest BCUT2D eigenvalue weighted by atomic mass is 35.5. The van der Waals surface area contributed by atoms with Gasteiger partial charge in [0, 0.05) is 49.8 Å². The molecule has 1 fully saturated rings. The molecule has 0 radical (unpaired) electrons. The maximum atomic E-state index is 13.8. The summed E-state index contributed by atoms with van der Waals surface area (Å²) >= 11 is 5.88. The lowest BCUT2D eigenvalue weighted by Crippen LogP contribution is -2.47. The van der Waals surface area contributed by atoms with Crippen molar-refractivity contribution in [2.75, 3.05) is 36.0 Å². The van der Waals surface area contributed by atoms with E-state index >= 15 is 0 Å². The molecule has 0 amide bonds. The van der Waals surface area contributed by atoms with Gasteiger partial charge in [0.1, 0.15) is 5.82 Å². The molecule has 1 aliphatic rings. The summed E-state index contributed by atoms with van der Waals surface area (Å²) in [6.07, 6.45) is 3.49. The Labute approximate surface area is 128 Å². The van der Waals surface area contributed by atoms with Crippen LogP contribution in [0.1, 0.15) is 5.56 Å². The number of alkyl halides is 1. The number of anilines is 2. The zero-order valence-electron chi connectivity index (χ0n) is 11.5. The van der Waals surface area contributed by atoms with Crippen molar-refractivity contribution in [1.29, 1.82) is 0 Å². The van der Waals surface area contributed by atoms with E-state index in [9.17, 15) is 4.39 Å². The van der Waals surface area contributed by atoms with Crippen molar-refractivity contribution in [1.82, 2.24) is 9.97 Å². The van der Waals surface area contributed by atoms with Crippen LogP contribution in [-0.2, 0) is 5.88 Å². The molecule has 1 saturated heterocycles. The fraction of sp³-hybridized carbons (Fsp3) is 0.333. The zero-order chi connectivity index (χ0) is 14.7. The summed E-state index contributed by atoms with van der Waals surface area (Å²) < 4.78 is 13.8. The lowest BCUT2D eigenvalue weighted by atomic mass is 10.1. The highest BCUT2D eigenvalue weighted by Gasteiger charge is 2.21. The standard InChI is InChI=1S/C15H16ClFN4/c16-11-12-13(17)3-1-4-14(12)20-7-9-21(10-8-20)15-18-5-2-6-19-15/h1-6H,7-11H2. The van der Waals surface area contributed by atoms with E-state index in [1.54, 1.807) is 24.5 Å². The highest BCUT2D eigenvalue weighted by Crippen LogP contribution is 2.26. The van der Waals surface area contributed by atoms with Gasteiger partial charge in [-0.05, 0) is 18.2 Å². The summed E-state index contributed by atoms with van der Waals surface area (Å²) in [4.78, 5) is 12.8. The van der Waals surface area contributed by atoms with Gasteiger partial charge in [-0.1, -0.05) is 6.07 Å². The average molecular weight is 307 g/mol. The van der Waals surface area contributed by atoms with Crippen LogP contribution >= 0.6 is 11.6 Å². The van der Waals surface area contributed by atoms with Crippen LogP contribution in [0.15, 0.2) is 36.7 Å².